The Balaban J connectivity index is 1.75. The van der Waals surface area contributed by atoms with Gasteiger partial charge in [-0.2, -0.15) is 5.10 Å². The number of hydrazone groups is 1. The third-order valence-electron chi connectivity index (χ3n) is 3.63. The highest BCUT2D eigenvalue weighted by Crippen LogP contribution is 2.22. The lowest BCUT2D eigenvalue weighted by Crippen LogP contribution is -2.21. The summed E-state index contributed by atoms with van der Waals surface area (Å²) in [5.74, 6) is -0.511. The lowest BCUT2D eigenvalue weighted by molar-refractivity contribution is 0.0956. The number of hydrogen-bond acceptors (Lipinski definition) is 5. The molecule has 2 N–H and O–H groups in total. The van der Waals surface area contributed by atoms with E-state index in [-0.39, 0.29) is 15.5 Å². The van der Waals surface area contributed by atoms with Crippen LogP contribution in [0.2, 0.25) is 0 Å². The van der Waals surface area contributed by atoms with Crippen LogP contribution in [-0.2, 0) is 10.0 Å². The third-order valence-corrected chi connectivity index (χ3v) is 6.40. The molecule has 27 heavy (non-hydrogen) atoms. The summed E-state index contributed by atoms with van der Waals surface area (Å²) in [5.41, 5.74) is 4.76. The summed E-state index contributed by atoms with van der Waals surface area (Å²) >= 11 is 1.10. The fourth-order valence-corrected chi connectivity index (χ4v) is 4.33. The van der Waals surface area contributed by atoms with E-state index >= 15 is 0 Å². The molecule has 0 aliphatic rings. The first-order valence-electron chi connectivity index (χ1n) is 8.01. The molecule has 0 radical (unpaired) electrons. The predicted molar refractivity (Wildman–Crippen MR) is 108 cm³/mol. The lowest BCUT2D eigenvalue weighted by Gasteiger charge is -2.10. The second-order valence-electron chi connectivity index (χ2n) is 5.69. The SMILES string of the molecule is Cc1ccc(/C=N/NC(=O)c2ccccc2NS(=O)(=O)c2cccs2)cc1. The van der Waals surface area contributed by atoms with Crippen LogP contribution in [0.25, 0.3) is 0 Å². The van der Waals surface area contributed by atoms with Crippen molar-refractivity contribution in [1.82, 2.24) is 5.43 Å². The molecule has 0 unspecified atom stereocenters. The lowest BCUT2D eigenvalue weighted by atomic mass is 10.2. The predicted octanol–water partition coefficient (Wildman–Crippen LogP) is 3.62. The number of nitrogens with one attached hydrogen (secondary N) is 2. The quantitative estimate of drug-likeness (QED) is 0.490. The van der Waals surface area contributed by atoms with Crippen molar-refractivity contribution in [3.8, 4) is 0 Å². The Morgan fingerprint density at radius 1 is 1.04 bits per heavy atom. The van der Waals surface area contributed by atoms with Gasteiger partial charge in [0.1, 0.15) is 4.21 Å². The van der Waals surface area contributed by atoms with Crippen LogP contribution >= 0.6 is 11.3 Å². The number of anilines is 1. The summed E-state index contributed by atoms with van der Waals surface area (Å²) in [5, 5.41) is 5.61. The van der Waals surface area contributed by atoms with Crippen LogP contribution in [0.4, 0.5) is 5.69 Å². The molecule has 6 nitrogen and oxygen atoms in total. The number of thiophene rings is 1. The van der Waals surface area contributed by atoms with E-state index in [1.54, 1.807) is 23.6 Å². The van der Waals surface area contributed by atoms with Crippen molar-refractivity contribution in [3.05, 3.63) is 82.7 Å². The number of amides is 1. The van der Waals surface area contributed by atoms with E-state index in [0.29, 0.717) is 0 Å². The second kappa shape index (κ2) is 8.15. The molecule has 1 aromatic heterocycles. The van der Waals surface area contributed by atoms with Crippen LogP contribution < -0.4 is 10.1 Å². The topological polar surface area (TPSA) is 87.6 Å². The first kappa shape index (κ1) is 18.8. The normalized spacial score (nSPS) is 11.4. The standard InChI is InChI=1S/C19H17N3O3S2/c1-14-8-10-15(11-9-14)13-20-21-19(23)16-5-2-3-6-17(16)22-27(24,25)18-7-4-12-26-18/h2-13,22H,1H3,(H,21,23)/b20-13+. The Morgan fingerprint density at radius 2 is 1.78 bits per heavy atom. The molecular formula is C19H17N3O3S2. The molecule has 0 spiro atoms. The monoisotopic (exact) mass is 399 g/mol. The van der Waals surface area contributed by atoms with Gasteiger partial charge in [0, 0.05) is 0 Å². The molecule has 0 saturated carbocycles. The van der Waals surface area contributed by atoms with E-state index in [1.165, 1.54) is 24.4 Å². The molecular weight excluding hydrogens is 382 g/mol. The van der Waals surface area contributed by atoms with Gasteiger partial charge in [0.2, 0.25) is 0 Å². The average molecular weight is 399 g/mol. The highest BCUT2D eigenvalue weighted by Gasteiger charge is 2.19. The molecule has 1 amide bonds. The summed E-state index contributed by atoms with van der Waals surface area (Å²) in [6, 6.07) is 17.2. The highest BCUT2D eigenvalue weighted by atomic mass is 32.2. The summed E-state index contributed by atoms with van der Waals surface area (Å²) in [7, 11) is -3.74. The van der Waals surface area contributed by atoms with E-state index in [1.807, 2.05) is 31.2 Å². The minimum Gasteiger partial charge on any atom is -0.278 e. The molecule has 0 aliphatic heterocycles. The Hall–Kier alpha value is -2.97. The van der Waals surface area contributed by atoms with Crippen LogP contribution in [0.5, 0.6) is 0 Å². The maximum absolute atomic E-state index is 12.4. The fraction of sp³-hybridized carbons (Fsp3) is 0.0526. The number of aryl methyl sites for hydroxylation is 1. The van der Waals surface area contributed by atoms with Gasteiger partial charge in [-0.3, -0.25) is 9.52 Å². The smallest absolute Gasteiger partial charge is 0.273 e. The number of nitrogens with zero attached hydrogens (tertiary/aromatic N) is 1. The average Bonchev–Trinajstić information content (AvgIpc) is 3.19. The van der Waals surface area contributed by atoms with E-state index in [2.05, 4.69) is 15.2 Å². The maximum atomic E-state index is 12.4. The van der Waals surface area contributed by atoms with Gasteiger partial charge in [-0.15, -0.1) is 11.3 Å². The molecule has 3 rings (SSSR count). The van der Waals surface area contributed by atoms with Gasteiger partial charge in [-0.1, -0.05) is 48.0 Å². The van der Waals surface area contributed by atoms with Gasteiger partial charge in [0.25, 0.3) is 15.9 Å². The summed E-state index contributed by atoms with van der Waals surface area (Å²) < 4.78 is 27.4. The second-order valence-corrected chi connectivity index (χ2v) is 8.55. The van der Waals surface area contributed by atoms with Crippen LogP contribution in [-0.4, -0.2) is 20.5 Å². The zero-order chi connectivity index (χ0) is 19.3. The Morgan fingerprint density at radius 3 is 2.48 bits per heavy atom. The Labute approximate surface area is 161 Å². The van der Waals surface area contributed by atoms with Crippen molar-refractivity contribution in [2.75, 3.05) is 4.72 Å². The van der Waals surface area contributed by atoms with Crippen LogP contribution in [0.15, 0.2) is 75.4 Å². The molecule has 0 atom stereocenters. The van der Waals surface area contributed by atoms with E-state index in [4.69, 9.17) is 0 Å². The number of benzene rings is 2. The Bertz CT molecular complexity index is 1060. The van der Waals surface area contributed by atoms with Crippen LogP contribution in [0, 0.1) is 6.92 Å². The molecule has 0 fully saturated rings. The molecule has 0 aliphatic carbocycles. The Kier molecular flexibility index (Phi) is 5.68. The van der Waals surface area contributed by atoms with Crippen LogP contribution in [0.3, 0.4) is 0 Å². The number of rotatable bonds is 6. The summed E-state index contributed by atoms with van der Waals surface area (Å²) in [4.78, 5) is 12.4. The van der Waals surface area contributed by atoms with Gasteiger partial charge in [0.15, 0.2) is 0 Å². The van der Waals surface area contributed by atoms with Crippen molar-refractivity contribution in [2.24, 2.45) is 5.10 Å². The van der Waals surface area contributed by atoms with Crippen LogP contribution in [0.1, 0.15) is 21.5 Å². The molecule has 0 bridgehead atoms. The number of sulfonamides is 1. The van der Waals surface area contributed by atoms with Gasteiger partial charge in [0.05, 0.1) is 17.5 Å². The molecule has 1 heterocycles. The number of carbonyl (C=O) groups is 1. The molecule has 2 aromatic carbocycles. The molecule has 0 saturated heterocycles. The fourth-order valence-electron chi connectivity index (χ4n) is 2.26. The first-order valence-corrected chi connectivity index (χ1v) is 10.4. The molecule has 138 valence electrons. The van der Waals surface area contributed by atoms with Crippen molar-refractivity contribution < 1.29 is 13.2 Å². The number of carbonyl (C=O) groups excluding carboxylic acids is 1. The van der Waals surface area contributed by atoms with Crippen molar-refractivity contribution >= 4 is 39.2 Å². The van der Waals surface area contributed by atoms with Gasteiger partial charge in [-0.25, -0.2) is 13.8 Å². The first-order chi connectivity index (χ1) is 13.0. The zero-order valence-corrected chi connectivity index (χ0v) is 16.0. The zero-order valence-electron chi connectivity index (χ0n) is 14.4. The highest BCUT2D eigenvalue weighted by molar-refractivity contribution is 7.94. The van der Waals surface area contributed by atoms with Gasteiger partial charge >= 0.3 is 0 Å². The molecule has 3 aromatic rings. The van der Waals surface area contributed by atoms with Crippen molar-refractivity contribution in [3.63, 3.8) is 0 Å². The van der Waals surface area contributed by atoms with Crippen molar-refractivity contribution in [2.45, 2.75) is 11.1 Å². The summed E-state index contributed by atoms with van der Waals surface area (Å²) in [6.07, 6.45) is 1.52. The third kappa shape index (κ3) is 4.81. The van der Waals surface area contributed by atoms with Gasteiger partial charge in [-0.05, 0) is 36.1 Å². The maximum Gasteiger partial charge on any atom is 0.273 e. The summed E-state index contributed by atoms with van der Waals surface area (Å²) in [6.45, 7) is 1.98. The molecule has 8 heteroatoms. The van der Waals surface area contributed by atoms with E-state index < -0.39 is 15.9 Å². The largest absolute Gasteiger partial charge is 0.278 e. The van der Waals surface area contributed by atoms with E-state index in [0.717, 1.165) is 22.5 Å². The van der Waals surface area contributed by atoms with E-state index in [9.17, 15) is 13.2 Å². The van der Waals surface area contributed by atoms with Gasteiger partial charge < -0.3 is 0 Å². The van der Waals surface area contributed by atoms with Crippen molar-refractivity contribution in [1.29, 1.82) is 0 Å². The minimum atomic E-state index is -3.74. The minimum absolute atomic E-state index is 0.176. The number of para-hydroxylation sites is 1. The number of hydrogen-bond donors (Lipinski definition) is 2.